The van der Waals surface area contributed by atoms with E-state index in [9.17, 15) is 0 Å². The number of hydrogen-bond donors (Lipinski definition) is 1. The molecule has 1 unspecified atom stereocenters. The number of rotatable bonds is 7. The van der Waals surface area contributed by atoms with Crippen LogP contribution in [-0.4, -0.2) is 47.8 Å². The monoisotopic (exact) mass is 496 g/mol. The van der Waals surface area contributed by atoms with Gasteiger partial charge in [-0.2, -0.15) is 0 Å². The maximum Gasteiger partial charge on any atom is 0.193 e. The summed E-state index contributed by atoms with van der Waals surface area (Å²) in [7, 11) is 0. The van der Waals surface area contributed by atoms with Gasteiger partial charge in [-0.15, -0.1) is 35.7 Å². The summed E-state index contributed by atoms with van der Waals surface area (Å²) in [5.41, 5.74) is 1.10. The van der Waals surface area contributed by atoms with Gasteiger partial charge in [-0.25, -0.2) is 0 Å². The zero-order valence-electron chi connectivity index (χ0n) is 15.9. The van der Waals surface area contributed by atoms with Crippen molar-refractivity contribution in [2.45, 2.75) is 24.7 Å². The molecule has 2 aromatic rings. The highest BCUT2D eigenvalue weighted by atomic mass is 127. The molecule has 2 heterocycles. The molecule has 4 nitrogen and oxygen atoms in total. The van der Waals surface area contributed by atoms with Gasteiger partial charge in [0.2, 0.25) is 0 Å². The van der Waals surface area contributed by atoms with Crippen LogP contribution in [0, 0.1) is 5.92 Å². The smallest absolute Gasteiger partial charge is 0.193 e. The molecule has 1 aliphatic heterocycles. The summed E-state index contributed by atoms with van der Waals surface area (Å²) < 4.78 is 0. The highest BCUT2D eigenvalue weighted by Gasteiger charge is 2.24. The summed E-state index contributed by atoms with van der Waals surface area (Å²) in [6.07, 6.45) is 3.97. The maximum atomic E-state index is 4.83. The largest absolute Gasteiger partial charge is 0.357 e. The Kier molecular flexibility index (Phi) is 9.97. The first-order chi connectivity index (χ1) is 12.8. The summed E-state index contributed by atoms with van der Waals surface area (Å²) >= 11 is 1.96. The lowest BCUT2D eigenvalue weighted by molar-refractivity contribution is 0.474. The molecular formula is C21H29IN4S. The Bertz CT molecular complexity index is 681. The molecule has 0 bridgehead atoms. The Morgan fingerprint density at radius 2 is 2.04 bits per heavy atom. The van der Waals surface area contributed by atoms with Crippen molar-refractivity contribution in [2.24, 2.45) is 10.9 Å². The summed E-state index contributed by atoms with van der Waals surface area (Å²) in [4.78, 5) is 13.0. The molecule has 1 aromatic carbocycles. The number of benzene rings is 1. The Labute approximate surface area is 184 Å². The standard InChI is InChI=1S/C21H28N4S.HI/c1-2-22-21(24-14-11-19-8-6-7-13-23-19)25-15-12-18(16-25)17-26-20-9-4-3-5-10-20;/h3-10,13,18H,2,11-12,14-17H2,1H3,(H,22,24);1H. The fraction of sp³-hybridized carbons (Fsp3) is 0.429. The SMILES string of the molecule is CCNC(=NCCc1ccccn1)N1CCC(CSc2ccccc2)C1.I. The van der Waals surface area contributed by atoms with Crippen molar-refractivity contribution in [1.82, 2.24) is 15.2 Å². The topological polar surface area (TPSA) is 40.5 Å². The van der Waals surface area contributed by atoms with Crippen LogP contribution in [-0.2, 0) is 6.42 Å². The zero-order valence-corrected chi connectivity index (χ0v) is 19.0. The summed E-state index contributed by atoms with van der Waals surface area (Å²) in [6, 6.07) is 16.7. The Morgan fingerprint density at radius 1 is 1.22 bits per heavy atom. The van der Waals surface area contributed by atoms with Crippen LogP contribution in [0.3, 0.4) is 0 Å². The number of halogens is 1. The Morgan fingerprint density at radius 3 is 2.78 bits per heavy atom. The molecule has 27 heavy (non-hydrogen) atoms. The van der Waals surface area contributed by atoms with E-state index in [1.807, 2.05) is 30.1 Å². The first-order valence-corrected chi connectivity index (χ1v) is 10.4. The van der Waals surface area contributed by atoms with Crippen LogP contribution >= 0.6 is 35.7 Å². The van der Waals surface area contributed by atoms with Crippen molar-refractivity contribution in [2.75, 3.05) is 31.9 Å². The quantitative estimate of drug-likeness (QED) is 0.268. The lowest BCUT2D eigenvalue weighted by Crippen LogP contribution is -2.40. The molecule has 1 fully saturated rings. The van der Waals surface area contributed by atoms with Gasteiger partial charge in [0.25, 0.3) is 0 Å². The predicted octanol–water partition coefficient (Wildman–Crippen LogP) is 4.32. The minimum absolute atomic E-state index is 0. The minimum Gasteiger partial charge on any atom is -0.357 e. The summed E-state index contributed by atoms with van der Waals surface area (Å²) in [5, 5.41) is 3.45. The second-order valence-electron chi connectivity index (χ2n) is 6.53. The second kappa shape index (κ2) is 12.2. The van der Waals surface area contributed by atoms with Crippen LogP contribution < -0.4 is 5.32 Å². The molecule has 1 N–H and O–H groups in total. The maximum absolute atomic E-state index is 4.83. The number of pyridine rings is 1. The van der Waals surface area contributed by atoms with Gasteiger partial charge in [0.15, 0.2) is 5.96 Å². The van der Waals surface area contributed by atoms with Crippen molar-refractivity contribution in [3.05, 3.63) is 60.4 Å². The van der Waals surface area contributed by atoms with E-state index >= 15 is 0 Å². The predicted molar refractivity (Wildman–Crippen MR) is 126 cm³/mol. The molecule has 3 rings (SSSR count). The van der Waals surface area contributed by atoms with Gasteiger partial charge in [-0.1, -0.05) is 24.3 Å². The number of hydrogen-bond acceptors (Lipinski definition) is 3. The van der Waals surface area contributed by atoms with Crippen LogP contribution in [0.1, 0.15) is 19.0 Å². The third-order valence-corrected chi connectivity index (χ3v) is 5.75. The van der Waals surface area contributed by atoms with Crippen molar-refractivity contribution in [3.8, 4) is 0 Å². The number of likely N-dealkylation sites (tertiary alicyclic amines) is 1. The number of thioether (sulfide) groups is 1. The Balaban J connectivity index is 0.00000261. The van der Waals surface area contributed by atoms with Gasteiger partial charge in [0.05, 0.1) is 0 Å². The number of guanidine groups is 1. The van der Waals surface area contributed by atoms with E-state index in [2.05, 4.69) is 58.5 Å². The minimum atomic E-state index is 0. The van der Waals surface area contributed by atoms with Crippen molar-refractivity contribution >= 4 is 41.7 Å². The van der Waals surface area contributed by atoms with E-state index < -0.39 is 0 Å². The number of nitrogens with one attached hydrogen (secondary N) is 1. The van der Waals surface area contributed by atoms with Crippen LogP contribution in [0.15, 0.2) is 64.6 Å². The van der Waals surface area contributed by atoms with Crippen molar-refractivity contribution < 1.29 is 0 Å². The lowest BCUT2D eigenvalue weighted by atomic mass is 10.2. The molecule has 1 saturated heterocycles. The average molecular weight is 496 g/mol. The fourth-order valence-electron chi connectivity index (χ4n) is 3.14. The Hall–Kier alpha value is -1.28. The van der Waals surface area contributed by atoms with Crippen molar-refractivity contribution in [1.29, 1.82) is 0 Å². The normalized spacial score (nSPS) is 16.9. The molecule has 6 heteroatoms. The zero-order chi connectivity index (χ0) is 18.0. The average Bonchev–Trinajstić information content (AvgIpc) is 3.16. The molecule has 0 aliphatic carbocycles. The van der Waals surface area contributed by atoms with Crippen LogP contribution in [0.25, 0.3) is 0 Å². The molecule has 0 amide bonds. The van der Waals surface area contributed by atoms with Crippen molar-refractivity contribution in [3.63, 3.8) is 0 Å². The highest BCUT2D eigenvalue weighted by Crippen LogP contribution is 2.25. The van der Waals surface area contributed by atoms with Gasteiger partial charge >= 0.3 is 0 Å². The van der Waals surface area contributed by atoms with E-state index in [-0.39, 0.29) is 24.0 Å². The second-order valence-corrected chi connectivity index (χ2v) is 7.62. The molecule has 1 aliphatic rings. The molecule has 1 atom stereocenters. The summed E-state index contributed by atoms with van der Waals surface area (Å²) in [6.45, 7) is 6.00. The molecule has 0 radical (unpaired) electrons. The van der Waals surface area contributed by atoms with Gasteiger partial charge in [-0.05, 0) is 43.5 Å². The molecule has 0 saturated carbocycles. The van der Waals surface area contributed by atoms with E-state index in [4.69, 9.17) is 4.99 Å². The fourth-order valence-corrected chi connectivity index (χ4v) is 4.19. The van der Waals surface area contributed by atoms with Crippen LogP contribution in [0.4, 0.5) is 0 Å². The third kappa shape index (κ3) is 7.33. The van der Waals surface area contributed by atoms with Crippen LogP contribution in [0.5, 0.6) is 0 Å². The molecular weight excluding hydrogens is 467 g/mol. The first-order valence-electron chi connectivity index (χ1n) is 9.46. The summed E-state index contributed by atoms with van der Waals surface area (Å²) in [5.74, 6) is 2.95. The van der Waals surface area contributed by atoms with E-state index in [0.29, 0.717) is 0 Å². The number of aliphatic imine (C=N–C) groups is 1. The van der Waals surface area contributed by atoms with E-state index in [1.165, 1.54) is 17.1 Å². The first kappa shape index (κ1) is 22.0. The van der Waals surface area contributed by atoms with Gasteiger partial charge in [0.1, 0.15) is 0 Å². The van der Waals surface area contributed by atoms with Gasteiger partial charge in [-0.3, -0.25) is 9.98 Å². The van der Waals surface area contributed by atoms with Gasteiger partial charge in [0, 0.05) is 55.1 Å². The highest BCUT2D eigenvalue weighted by molar-refractivity contribution is 14.0. The number of nitrogens with zero attached hydrogens (tertiary/aromatic N) is 3. The molecule has 146 valence electrons. The van der Waals surface area contributed by atoms with E-state index in [0.717, 1.165) is 50.2 Å². The third-order valence-electron chi connectivity index (χ3n) is 4.50. The van der Waals surface area contributed by atoms with Crippen LogP contribution in [0.2, 0.25) is 0 Å². The molecule has 0 spiro atoms. The van der Waals surface area contributed by atoms with Gasteiger partial charge < -0.3 is 10.2 Å². The number of aromatic nitrogens is 1. The van der Waals surface area contributed by atoms with E-state index in [1.54, 1.807) is 0 Å². The lowest BCUT2D eigenvalue weighted by Gasteiger charge is -2.21. The molecule has 1 aromatic heterocycles.